The standard InChI is InChI=1S/C27H27ClN4O4/c1-36-23-4-2-3-21(15-23)29-27(33)24-14-19-13-22(32(34)35)9-10-25(19)31-12-11-30(17-26(24)31)16-18-5-7-20(28)8-6-18/h2-10,13,15,24,26H,11-12,14,16-17H2,1H3,(H,29,33). The van der Waals surface area contributed by atoms with Gasteiger partial charge in [-0.2, -0.15) is 0 Å². The second-order valence-electron chi connectivity index (χ2n) is 9.22. The third-order valence-corrected chi connectivity index (χ3v) is 7.24. The van der Waals surface area contributed by atoms with Gasteiger partial charge in [0.25, 0.3) is 5.69 Å². The van der Waals surface area contributed by atoms with Crippen LogP contribution in [0.4, 0.5) is 17.1 Å². The topological polar surface area (TPSA) is 87.9 Å². The predicted octanol–water partition coefficient (Wildman–Crippen LogP) is 4.76. The summed E-state index contributed by atoms with van der Waals surface area (Å²) in [7, 11) is 1.58. The van der Waals surface area contributed by atoms with E-state index in [1.165, 1.54) is 0 Å². The summed E-state index contributed by atoms with van der Waals surface area (Å²) < 4.78 is 5.29. The number of hydrogen-bond donors (Lipinski definition) is 1. The van der Waals surface area contributed by atoms with Gasteiger partial charge >= 0.3 is 0 Å². The first kappa shape index (κ1) is 24.1. The number of non-ortho nitro benzene ring substituents is 1. The van der Waals surface area contributed by atoms with Crippen LogP contribution in [0, 0.1) is 16.0 Å². The van der Waals surface area contributed by atoms with Crippen molar-refractivity contribution in [3.63, 3.8) is 0 Å². The van der Waals surface area contributed by atoms with E-state index in [-0.39, 0.29) is 28.5 Å². The summed E-state index contributed by atoms with van der Waals surface area (Å²) in [5, 5.41) is 15.2. The highest BCUT2D eigenvalue weighted by atomic mass is 35.5. The third kappa shape index (κ3) is 5.01. The van der Waals surface area contributed by atoms with Gasteiger partial charge in [0.1, 0.15) is 5.75 Å². The molecule has 0 radical (unpaired) electrons. The fourth-order valence-corrected chi connectivity index (χ4v) is 5.34. The van der Waals surface area contributed by atoms with Crippen LogP contribution < -0.4 is 15.0 Å². The van der Waals surface area contributed by atoms with E-state index in [9.17, 15) is 14.9 Å². The van der Waals surface area contributed by atoms with E-state index in [2.05, 4.69) is 15.1 Å². The smallest absolute Gasteiger partial charge is 0.269 e. The lowest BCUT2D eigenvalue weighted by Crippen LogP contribution is -2.60. The maximum atomic E-state index is 13.6. The Morgan fingerprint density at radius 2 is 1.94 bits per heavy atom. The minimum Gasteiger partial charge on any atom is -0.497 e. The van der Waals surface area contributed by atoms with Crippen LogP contribution in [0.25, 0.3) is 0 Å². The molecule has 1 fully saturated rings. The molecule has 2 aliphatic heterocycles. The second kappa shape index (κ2) is 10.2. The summed E-state index contributed by atoms with van der Waals surface area (Å²) in [5.74, 6) is 0.174. The van der Waals surface area contributed by atoms with Crippen molar-refractivity contribution in [1.82, 2.24) is 4.90 Å². The number of nitro groups is 1. The van der Waals surface area contributed by atoms with Gasteiger partial charge in [-0.1, -0.05) is 29.8 Å². The number of methoxy groups -OCH3 is 1. The van der Waals surface area contributed by atoms with Crippen molar-refractivity contribution >= 4 is 34.6 Å². The summed E-state index contributed by atoms with van der Waals surface area (Å²) in [6.07, 6.45) is 0.433. The number of hydrogen-bond acceptors (Lipinski definition) is 6. The number of ether oxygens (including phenoxy) is 1. The number of nitro benzene ring substituents is 1. The number of anilines is 2. The van der Waals surface area contributed by atoms with Crippen LogP contribution >= 0.6 is 11.6 Å². The molecule has 0 aromatic heterocycles. The summed E-state index contributed by atoms with van der Waals surface area (Å²) in [6, 6.07) is 20.0. The zero-order valence-corrected chi connectivity index (χ0v) is 20.6. The number of rotatable bonds is 6. The quantitative estimate of drug-likeness (QED) is 0.383. The fourth-order valence-electron chi connectivity index (χ4n) is 5.21. The van der Waals surface area contributed by atoms with Crippen LogP contribution in [0.1, 0.15) is 11.1 Å². The molecule has 3 aromatic rings. The van der Waals surface area contributed by atoms with E-state index in [1.807, 2.05) is 48.5 Å². The van der Waals surface area contributed by atoms with E-state index < -0.39 is 0 Å². The number of halogens is 1. The Morgan fingerprint density at radius 3 is 2.69 bits per heavy atom. The van der Waals surface area contributed by atoms with Gasteiger partial charge in [-0.15, -0.1) is 0 Å². The molecule has 36 heavy (non-hydrogen) atoms. The maximum absolute atomic E-state index is 13.6. The minimum atomic E-state index is -0.387. The van der Waals surface area contributed by atoms with E-state index in [0.29, 0.717) is 29.4 Å². The van der Waals surface area contributed by atoms with Gasteiger partial charge in [-0.25, -0.2) is 0 Å². The highest BCUT2D eigenvalue weighted by Gasteiger charge is 2.42. The van der Waals surface area contributed by atoms with Gasteiger partial charge < -0.3 is 15.0 Å². The molecule has 0 aliphatic carbocycles. The van der Waals surface area contributed by atoms with Crippen molar-refractivity contribution < 1.29 is 14.5 Å². The van der Waals surface area contributed by atoms with Crippen LogP contribution in [0.5, 0.6) is 5.75 Å². The molecule has 8 nitrogen and oxygen atoms in total. The zero-order chi connectivity index (χ0) is 25.2. The molecule has 2 atom stereocenters. The Bertz CT molecular complexity index is 1280. The second-order valence-corrected chi connectivity index (χ2v) is 9.66. The van der Waals surface area contributed by atoms with Gasteiger partial charge in [0.2, 0.25) is 5.91 Å². The average Bonchev–Trinajstić information content (AvgIpc) is 2.89. The number of fused-ring (bicyclic) bond motifs is 3. The first-order chi connectivity index (χ1) is 17.4. The van der Waals surface area contributed by atoms with Gasteiger partial charge in [0.05, 0.1) is 24.0 Å². The summed E-state index contributed by atoms with van der Waals surface area (Å²) in [4.78, 5) is 29.2. The number of piperazine rings is 1. The Morgan fingerprint density at radius 1 is 1.14 bits per heavy atom. The first-order valence-corrected chi connectivity index (χ1v) is 12.2. The number of carbonyl (C=O) groups excluding carboxylic acids is 1. The van der Waals surface area contributed by atoms with E-state index in [4.69, 9.17) is 16.3 Å². The van der Waals surface area contributed by atoms with E-state index in [1.54, 1.807) is 25.3 Å². The molecule has 0 saturated carbocycles. The molecule has 1 saturated heterocycles. The normalized spacial score (nSPS) is 19.2. The molecular formula is C27H27ClN4O4. The molecule has 5 rings (SSSR count). The van der Waals surface area contributed by atoms with Crippen molar-refractivity contribution in [2.45, 2.75) is 19.0 Å². The SMILES string of the molecule is COc1cccc(NC(=O)C2Cc3cc([N+](=O)[O-])ccc3N3CCN(Cc4ccc(Cl)cc4)CC23)c1. The minimum absolute atomic E-state index is 0.0422. The molecule has 0 bridgehead atoms. The predicted molar refractivity (Wildman–Crippen MR) is 140 cm³/mol. The number of nitrogens with zero attached hydrogens (tertiary/aromatic N) is 3. The highest BCUT2D eigenvalue weighted by molar-refractivity contribution is 6.30. The molecule has 3 aromatic carbocycles. The molecule has 186 valence electrons. The summed E-state index contributed by atoms with van der Waals surface area (Å²) >= 11 is 6.05. The van der Waals surface area contributed by atoms with Gasteiger partial charge in [-0.3, -0.25) is 19.8 Å². The molecule has 9 heteroatoms. The van der Waals surface area contributed by atoms with Crippen molar-refractivity contribution in [3.05, 3.63) is 93.0 Å². The molecule has 1 amide bonds. The lowest BCUT2D eigenvalue weighted by atomic mass is 9.83. The largest absolute Gasteiger partial charge is 0.497 e. The third-order valence-electron chi connectivity index (χ3n) is 6.98. The number of nitrogens with one attached hydrogen (secondary N) is 1. The molecule has 2 unspecified atom stereocenters. The molecule has 1 N–H and O–H groups in total. The molecule has 2 heterocycles. The Kier molecular flexibility index (Phi) is 6.80. The molecule has 0 spiro atoms. The highest BCUT2D eigenvalue weighted by Crippen LogP contribution is 2.38. The van der Waals surface area contributed by atoms with Crippen molar-refractivity contribution in [1.29, 1.82) is 0 Å². The first-order valence-electron chi connectivity index (χ1n) is 11.9. The lowest BCUT2D eigenvalue weighted by Gasteiger charge is -2.49. The van der Waals surface area contributed by atoms with Crippen LogP contribution in [0.3, 0.4) is 0 Å². The Labute approximate surface area is 214 Å². The van der Waals surface area contributed by atoms with Crippen LogP contribution in [-0.2, 0) is 17.8 Å². The average molecular weight is 507 g/mol. The van der Waals surface area contributed by atoms with Gasteiger partial charge in [0, 0.05) is 60.8 Å². The number of carbonyl (C=O) groups is 1. The van der Waals surface area contributed by atoms with Gasteiger partial charge in [0.15, 0.2) is 0 Å². The summed E-state index contributed by atoms with van der Waals surface area (Å²) in [6.45, 7) is 3.01. The molecular weight excluding hydrogens is 480 g/mol. The Hall–Kier alpha value is -3.62. The fraction of sp³-hybridized carbons (Fsp3) is 0.296. The van der Waals surface area contributed by atoms with E-state index in [0.717, 1.165) is 36.4 Å². The van der Waals surface area contributed by atoms with Crippen LogP contribution in [0.15, 0.2) is 66.7 Å². The van der Waals surface area contributed by atoms with E-state index >= 15 is 0 Å². The summed E-state index contributed by atoms with van der Waals surface area (Å²) in [5.41, 5.74) is 3.67. The molecule has 2 aliphatic rings. The van der Waals surface area contributed by atoms with Crippen molar-refractivity contribution in [3.8, 4) is 5.75 Å². The lowest BCUT2D eigenvalue weighted by molar-refractivity contribution is -0.384. The van der Waals surface area contributed by atoms with Crippen LogP contribution in [0.2, 0.25) is 5.02 Å². The monoisotopic (exact) mass is 506 g/mol. The Balaban J connectivity index is 1.43. The maximum Gasteiger partial charge on any atom is 0.269 e. The van der Waals surface area contributed by atoms with Crippen molar-refractivity contribution in [2.24, 2.45) is 5.92 Å². The number of amides is 1. The zero-order valence-electron chi connectivity index (χ0n) is 19.9. The van der Waals surface area contributed by atoms with Crippen LogP contribution in [-0.4, -0.2) is 48.5 Å². The van der Waals surface area contributed by atoms with Crippen molar-refractivity contribution in [2.75, 3.05) is 37.0 Å². The van der Waals surface area contributed by atoms with Gasteiger partial charge in [-0.05, 0) is 47.9 Å². The number of benzene rings is 3.